The zero-order chi connectivity index (χ0) is 11.4. The molecule has 0 aliphatic heterocycles. The lowest BCUT2D eigenvalue weighted by Crippen LogP contribution is -3.00. The lowest BCUT2D eigenvalue weighted by molar-refractivity contribution is -0.929. The van der Waals surface area contributed by atoms with Crippen molar-refractivity contribution in [3.8, 4) is 0 Å². The van der Waals surface area contributed by atoms with Gasteiger partial charge >= 0.3 is 0 Å². The molecular weight excluding hydrogens is 321 g/mol. The Hall–Kier alpha value is -0.0900. The molecule has 0 aromatic heterocycles. The van der Waals surface area contributed by atoms with Gasteiger partial charge in [-0.1, -0.05) is 36.8 Å². The summed E-state index contributed by atoms with van der Waals surface area (Å²) in [7, 11) is 4.78. The topological polar surface area (TPSA) is 0 Å². The van der Waals surface area contributed by atoms with E-state index in [1.807, 2.05) is 0 Å². The van der Waals surface area contributed by atoms with Crippen molar-refractivity contribution in [2.24, 2.45) is 0 Å². The first-order valence-electron chi connectivity index (χ1n) is 6.55. The first kappa shape index (κ1) is 15.0. The second-order valence-corrected chi connectivity index (χ2v) is 5.71. The average molecular weight is 345 g/mol. The second-order valence-electron chi connectivity index (χ2n) is 5.71. The normalized spacial score (nSPS) is 17.5. The second kappa shape index (κ2) is 6.74. The van der Waals surface area contributed by atoms with Crippen LogP contribution in [0.15, 0.2) is 30.3 Å². The number of rotatable bonds is 3. The molecule has 1 aromatic carbocycles. The Morgan fingerprint density at radius 1 is 1.00 bits per heavy atom. The summed E-state index contributed by atoms with van der Waals surface area (Å²) < 4.78 is 1.16. The maximum Gasteiger partial charge on any atom is 0.104 e. The molecule has 2 rings (SSSR count). The fourth-order valence-corrected chi connectivity index (χ4v) is 2.96. The molecule has 1 aliphatic carbocycles. The van der Waals surface area contributed by atoms with Gasteiger partial charge < -0.3 is 28.5 Å². The molecule has 1 aliphatic rings. The summed E-state index contributed by atoms with van der Waals surface area (Å²) in [4.78, 5) is 0. The molecule has 0 saturated heterocycles. The van der Waals surface area contributed by atoms with Crippen LogP contribution in [0.2, 0.25) is 0 Å². The number of halogens is 1. The van der Waals surface area contributed by atoms with Gasteiger partial charge in [0.25, 0.3) is 0 Å². The number of quaternary nitrogens is 1. The molecule has 0 N–H and O–H groups in total. The van der Waals surface area contributed by atoms with Gasteiger partial charge in [-0.05, 0) is 25.7 Å². The highest BCUT2D eigenvalue weighted by Crippen LogP contribution is 2.27. The summed E-state index contributed by atoms with van der Waals surface area (Å²) in [5.41, 5.74) is 1.47. The van der Waals surface area contributed by atoms with Gasteiger partial charge in [-0.3, -0.25) is 0 Å². The molecule has 0 radical (unpaired) electrons. The predicted molar refractivity (Wildman–Crippen MR) is 69.1 cm³/mol. The van der Waals surface area contributed by atoms with Crippen molar-refractivity contribution in [2.45, 2.75) is 44.7 Å². The fraction of sp³-hybridized carbons (Fsp3) is 0.600. The minimum atomic E-state index is 0. The number of benzene rings is 1. The van der Waals surface area contributed by atoms with Gasteiger partial charge in [0.2, 0.25) is 0 Å². The zero-order valence-electron chi connectivity index (χ0n) is 11.0. The third kappa shape index (κ3) is 4.25. The van der Waals surface area contributed by atoms with Gasteiger partial charge in [-0.15, -0.1) is 0 Å². The Labute approximate surface area is 123 Å². The molecule has 0 bridgehead atoms. The highest BCUT2D eigenvalue weighted by molar-refractivity contribution is 5.13. The Bertz CT molecular complexity index is 315. The minimum absolute atomic E-state index is 0. The third-order valence-corrected chi connectivity index (χ3v) is 4.00. The van der Waals surface area contributed by atoms with Crippen molar-refractivity contribution in [1.82, 2.24) is 0 Å². The van der Waals surface area contributed by atoms with Crippen LogP contribution >= 0.6 is 0 Å². The minimum Gasteiger partial charge on any atom is -1.00 e. The first-order chi connectivity index (χ1) is 7.68. The predicted octanol–water partition coefficient (Wildman–Crippen LogP) is 0.600. The van der Waals surface area contributed by atoms with Crippen molar-refractivity contribution in [1.29, 1.82) is 0 Å². The molecule has 96 valence electrons. The van der Waals surface area contributed by atoms with Gasteiger partial charge in [0, 0.05) is 5.56 Å². The molecule has 0 amide bonds. The van der Waals surface area contributed by atoms with Crippen LogP contribution < -0.4 is 24.0 Å². The lowest BCUT2D eigenvalue weighted by Gasteiger charge is -2.40. The SMILES string of the molecule is C[N+](C)(Cc1ccccc1)C1CCCCC1.[I-]. The molecule has 0 spiro atoms. The largest absolute Gasteiger partial charge is 1.00 e. The smallest absolute Gasteiger partial charge is 0.104 e. The zero-order valence-corrected chi connectivity index (χ0v) is 13.2. The summed E-state index contributed by atoms with van der Waals surface area (Å²) in [5.74, 6) is 0. The number of nitrogens with zero attached hydrogens (tertiary/aromatic N) is 1. The van der Waals surface area contributed by atoms with Crippen LogP contribution in [0.25, 0.3) is 0 Å². The van der Waals surface area contributed by atoms with Crippen molar-refractivity contribution < 1.29 is 28.5 Å². The molecule has 0 unspecified atom stereocenters. The van der Waals surface area contributed by atoms with Crippen molar-refractivity contribution in [3.05, 3.63) is 35.9 Å². The van der Waals surface area contributed by atoms with Gasteiger partial charge in [0.05, 0.1) is 20.1 Å². The van der Waals surface area contributed by atoms with Crippen molar-refractivity contribution in [3.63, 3.8) is 0 Å². The van der Waals surface area contributed by atoms with Crippen LogP contribution in [0.1, 0.15) is 37.7 Å². The first-order valence-corrected chi connectivity index (χ1v) is 6.55. The Kier molecular flexibility index (Phi) is 5.93. The summed E-state index contributed by atoms with van der Waals surface area (Å²) in [6.45, 7) is 1.17. The molecule has 1 aromatic rings. The Balaban J connectivity index is 0.00000144. The summed E-state index contributed by atoms with van der Waals surface area (Å²) >= 11 is 0. The van der Waals surface area contributed by atoms with Crippen LogP contribution in [0.3, 0.4) is 0 Å². The average Bonchev–Trinajstić information content (AvgIpc) is 2.31. The Morgan fingerprint density at radius 3 is 2.18 bits per heavy atom. The maximum atomic E-state index is 2.39. The van der Waals surface area contributed by atoms with E-state index in [2.05, 4.69) is 44.4 Å². The van der Waals surface area contributed by atoms with Crippen LogP contribution in [-0.4, -0.2) is 24.6 Å². The molecular formula is C15H24IN. The molecule has 1 nitrogen and oxygen atoms in total. The van der Waals surface area contributed by atoms with E-state index >= 15 is 0 Å². The van der Waals surface area contributed by atoms with E-state index in [0.717, 1.165) is 10.5 Å². The van der Waals surface area contributed by atoms with E-state index in [1.54, 1.807) is 0 Å². The highest BCUT2D eigenvalue weighted by atomic mass is 127. The standard InChI is InChI=1S/C15H24N.HI/c1-16(2,15-11-7-4-8-12-15)13-14-9-5-3-6-10-14;/h3,5-6,9-10,15H,4,7-8,11-13H2,1-2H3;1H/q+1;/p-1. The lowest BCUT2D eigenvalue weighted by atomic mass is 9.92. The molecule has 17 heavy (non-hydrogen) atoms. The molecule has 0 heterocycles. The number of hydrogen-bond donors (Lipinski definition) is 0. The van der Waals surface area contributed by atoms with E-state index in [0.29, 0.717) is 0 Å². The summed E-state index contributed by atoms with van der Waals surface area (Å²) in [6, 6.07) is 11.8. The van der Waals surface area contributed by atoms with Gasteiger partial charge in [0.15, 0.2) is 0 Å². The van der Waals surface area contributed by atoms with E-state index < -0.39 is 0 Å². The van der Waals surface area contributed by atoms with Crippen LogP contribution in [0, 0.1) is 0 Å². The van der Waals surface area contributed by atoms with Crippen LogP contribution in [-0.2, 0) is 6.54 Å². The summed E-state index contributed by atoms with van der Waals surface area (Å²) in [6.07, 6.45) is 7.14. The van der Waals surface area contributed by atoms with E-state index in [9.17, 15) is 0 Å². The van der Waals surface area contributed by atoms with E-state index in [4.69, 9.17) is 0 Å². The summed E-state index contributed by atoms with van der Waals surface area (Å²) in [5, 5.41) is 0. The molecule has 1 saturated carbocycles. The third-order valence-electron chi connectivity index (χ3n) is 4.00. The van der Waals surface area contributed by atoms with Gasteiger partial charge in [-0.25, -0.2) is 0 Å². The quantitative estimate of drug-likeness (QED) is 0.556. The Morgan fingerprint density at radius 2 is 1.59 bits per heavy atom. The molecule has 0 atom stereocenters. The van der Waals surface area contributed by atoms with Crippen LogP contribution in [0.5, 0.6) is 0 Å². The molecule has 2 heteroatoms. The maximum absolute atomic E-state index is 2.39. The van der Waals surface area contributed by atoms with Crippen molar-refractivity contribution >= 4 is 0 Å². The van der Waals surface area contributed by atoms with E-state index in [-0.39, 0.29) is 24.0 Å². The monoisotopic (exact) mass is 345 g/mol. The van der Waals surface area contributed by atoms with E-state index in [1.165, 1.54) is 44.2 Å². The number of hydrogen-bond acceptors (Lipinski definition) is 0. The highest BCUT2D eigenvalue weighted by Gasteiger charge is 2.29. The fourth-order valence-electron chi connectivity index (χ4n) is 2.96. The van der Waals surface area contributed by atoms with Gasteiger partial charge in [0.1, 0.15) is 6.54 Å². The van der Waals surface area contributed by atoms with Gasteiger partial charge in [-0.2, -0.15) is 0 Å². The van der Waals surface area contributed by atoms with Crippen LogP contribution in [0.4, 0.5) is 0 Å². The van der Waals surface area contributed by atoms with Crippen molar-refractivity contribution in [2.75, 3.05) is 14.1 Å². The molecule has 1 fully saturated rings.